The minimum Gasteiger partial charge on any atom is -0.463 e. The molecule has 0 saturated heterocycles. The Labute approximate surface area is 156 Å². The van der Waals surface area contributed by atoms with E-state index in [0.717, 1.165) is 51.4 Å². The number of hydrogen-bond acceptors (Lipinski definition) is 4. The standard InChI is InChI=1S/C22H32O4/c1-21-10-8-14(23)12-13(21)4-5-15-16-6-7-18(19(24)20(25)26-3)22(16,2)11-9-17(15)21/h13,15-18H,4-12H2,1-3H3. The summed E-state index contributed by atoms with van der Waals surface area (Å²) in [7, 11) is 1.30. The van der Waals surface area contributed by atoms with E-state index in [1.54, 1.807) is 0 Å². The highest BCUT2D eigenvalue weighted by Gasteiger charge is 2.61. The normalized spacial score (nSPS) is 47.5. The van der Waals surface area contributed by atoms with Crippen molar-refractivity contribution in [1.29, 1.82) is 0 Å². The predicted octanol–water partition coefficient (Wildman–Crippen LogP) is 3.96. The van der Waals surface area contributed by atoms with Crippen molar-refractivity contribution in [3.63, 3.8) is 0 Å². The minimum absolute atomic E-state index is 0.0554. The molecule has 0 amide bonds. The summed E-state index contributed by atoms with van der Waals surface area (Å²) >= 11 is 0. The fraction of sp³-hybridized carbons (Fsp3) is 0.864. The summed E-state index contributed by atoms with van der Waals surface area (Å²) in [5.74, 6) is 1.74. The van der Waals surface area contributed by atoms with E-state index in [1.807, 2.05) is 0 Å². The van der Waals surface area contributed by atoms with Crippen LogP contribution in [-0.4, -0.2) is 24.6 Å². The van der Waals surface area contributed by atoms with Crippen LogP contribution >= 0.6 is 0 Å². The Balaban J connectivity index is 1.59. The van der Waals surface area contributed by atoms with Crippen molar-refractivity contribution in [3.05, 3.63) is 0 Å². The molecule has 4 aliphatic carbocycles. The van der Waals surface area contributed by atoms with Gasteiger partial charge in [-0.15, -0.1) is 0 Å². The molecule has 4 fully saturated rings. The first kappa shape index (κ1) is 18.2. The predicted molar refractivity (Wildman–Crippen MR) is 97.2 cm³/mol. The van der Waals surface area contributed by atoms with Crippen LogP contribution in [0.15, 0.2) is 0 Å². The Bertz CT molecular complexity index is 640. The highest BCUT2D eigenvalue weighted by atomic mass is 16.5. The topological polar surface area (TPSA) is 60.4 Å². The van der Waals surface area contributed by atoms with Crippen LogP contribution in [0.5, 0.6) is 0 Å². The number of ether oxygens (including phenoxy) is 1. The van der Waals surface area contributed by atoms with E-state index in [0.29, 0.717) is 34.9 Å². The first-order valence-electron chi connectivity index (χ1n) is 10.4. The molecule has 0 aliphatic heterocycles. The molecule has 0 aromatic heterocycles. The third kappa shape index (κ3) is 2.43. The molecule has 4 nitrogen and oxygen atoms in total. The quantitative estimate of drug-likeness (QED) is 0.552. The molecule has 0 aromatic rings. The van der Waals surface area contributed by atoms with Crippen molar-refractivity contribution in [2.45, 2.75) is 71.6 Å². The molecule has 4 heteroatoms. The van der Waals surface area contributed by atoms with E-state index in [2.05, 4.69) is 13.8 Å². The highest BCUT2D eigenvalue weighted by Crippen LogP contribution is 2.67. The molecule has 0 spiro atoms. The third-order valence-corrected chi connectivity index (χ3v) is 9.18. The molecule has 0 bridgehead atoms. The van der Waals surface area contributed by atoms with Gasteiger partial charge in [-0.25, -0.2) is 4.79 Å². The lowest BCUT2D eigenvalue weighted by Crippen LogP contribution is -2.54. The fourth-order valence-electron chi connectivity index (χ4n) is 7.72. The number of carbonyl (C=O) groups is 3. The van der Waals surface area contributed by atoms with Gasteiger partial charge in [-0.3, -0.25) is 9.59 Å². The largest absolute Gasteiger partial charge is 0.463 e. The summed E-state index contributed by atoms with van der Waals surface area (Å²) in [6.45, 7) is 4.70. The van der Waals surface area contributed by atoms with Gasteiger partial charge in [-0.2, -0.15) is 0 Å². The number of hydrogen-bond donors (Lipinski definition) is 0. The van der Waals surface area contributed by atoms with Crippen molar-refractivity contribution in [3.8, 4) is 0 Å². The average Bonchev–Trinajstić information content (AvgIpc) is 2.98. The number of fused-ring (bicyclic) bond motifs is 5. The summed E-state index contributed by atoms with van der Waals surface area (Å²) in [4.78, 5) is 36.5. The van der Waals surface area contributed by atoms with Crippen molar-refractivity contribution < 1.29 is 19.1 Å². The molecule has 0 N–H and O–H groups in total. The number of ketones is 2. The van der Waals surface area contributed by atoms with Crippen LogP contribution in [0.4, 0.5) is 0 Å². The van der Waals surface area contributed by atoms with E-state index >= 15 is 0 Å². The van der Waals surface area contributed by atoms with Crippen molar-refractivity contribution in [2.75, 3.05) is 7.11 Å². The van der Waals surface area contributed by atoms with Crippen molar-refractivity contribution in [1.82, 2.24) is 0 Å². The van der Waals surface area contributed by atoms with Gasteiger partial charge in [0.1, 0.15) is 5.78 Å². The summed E-state index contributed by atoms with van der Waals surface area (Å²) < 4.78 is 4.73. The second-order valence-corrected chi connectivity index (χ2v) is 9.93. The van der Waals surface area contributed by atoms with Gasteiger partial charge in [0.05, 0.1) is 7.11 Å². The Morgan fingerprint density at radius 2 is 1.69 bits per heavy atom. The Hall–Kier alpha value is -1.19. The molecule has 144 valence electrons. The maximum atomic E-state index is 12.6. The average molecular weight is 360 g/mol. The zero-order valence-corrected chi connectivity index (χ0v) is 16.4. The first-order chi connectivity index (χ1) is 12.3. The highest BCUT2D eigenvalue weighted by molar-refractivity contribution is 6.34. The van der Waals surface area contributed by atoms with Crippen LogP contribution in [-0.2, 0) is 19.1 Å². The number of rotatable bonds is 2. The molecule has 26 heavy (non-hydrogen) atoms. The number of esters is 1. The van der Waals surface area contributed by atoms with Crippen LogP contribution in [0.1, 0.15) is 71.6 Å². The van der Waals surface area contributed by atoms with Crippen LogP contribution in [0.25, 0.3) is 0 Å². The minimum atomic E-state index is -0.666. The summed E-state index contributed by atoms with van der Waals surface area (Å²) in [6.07, 6.45) is 9.00. The lowest BCUT2D eigenvalue weighted by atomic mass is 9.44. The SMILES string of the molecule is COC(=O)C(=O)C1CCC2C3CCC4CC(=O)CCC4(C)C3CCC12C. The van der Waals surface area contributed by atoms with E-state index in [1.165, 1.54) is 13.5 Å². The smallest absolute Gasteiger partial charge is 0.374 e. The summed E-state index contributed by atoms with van der Waals surface area (Å²) in [6, 6.07) is 0. The van der Waals surface area contributed by atoms with Gasteiger partial charge >= 0.3 is 5.97 Å². The van der Waals surface area contributed by atoms with E-state index in [-0.39, 0.29) is 17.1 Å². The van der Waals surface area contributed by atoms with Gasteiger partial charge in [0.15, 0.2) is 0 Å². The second kappa shape index (κ2) is 6.17. The van der Waals surface area contributed by atoms with Gasteiger partial charge in [0, 0.05) is 18.8 Å². The van der Waals surface area contributed by atoms with E-state index in [9.17, 15) is 14.4 Å². The van der Waals surface area contributed by atoms with Crippen molar-refractivity contribution in [2.24, 2.45) is 40.4 Å². The maximum Gasteiger partial charge on any atom is 0.374 e. The molecule has 0 radical (unpaired) electrons. The molecule has 4 aliphatic rings. The molecular weight excluding hydrogens is 328 g/mol. The van der Waals surface area contributed by atoms with Gasteiger partial charge < -0.3 is 4.74 Å². The molecule has 7 atom stereocenters. The van der Waals surface area contributed by atoms with E-state index < -0.39 is 5.97 Å². The van der Waals surface area contributed by atoms with Gasteiger partial charge in [-0.1, -0.05) is 13.8 Å². The Morgan fingerprint density at radius 1 is 0.962 bits per heavy atom. The van der Waals surface area contributed by atoms with Crippen LogP contribution in [0.2, 0.25) is 0 Å². The van der Waals surface area contributed by atoms with Crippen LogP contribution < -0.4 is 0 Å². The summed E-state index contributed by atoms with van der Waals surface area (Å²) in [5, 5.41) is 0. The van der Waals surface area contributed by atoms with Gasteiger partial charge in [0.25, 0.3) is 0 Å². The molecule has 4 rings (SSSR count). The molecule has 4 saturated carbocycles. The molecule has 0 aromatic carbocycles. The monoisotopic (exact) mass is 360 g/mol. The van der Waals surface area contributed by atoms with Crippen LogP contribution in [0.3, 0.4) is 0 Å². The lowest BCUT2D eigenvalue weighted by Gasteiger charge is -2.60. The maximum absolute atomic E-state index is 12.6. The first-order valence-corrected chi connectivity index (χ1v) is 10.4. The van der Waals surface area contributed by atoms with E-state index in [4.69, 9.17) is 4.74 Å². The number of Topliss-reactive ketones (excluding diaryl/α,β-unsaturated/α-hetero) is 2. The number of methoxy groups -OCH3 is 1. The van der Waals surface area contributed by atoms with Gasteiger partial charge in [0.2, 0.25) is 5.78 Å². The Kier molecular flexibility index (Phi) is 4.32. The zero-order valence-electron chi connectivity index (χ0n) is 16.4. The third-order valence-electron chi connectivity index (χ3n) is 9.18. The van der Waals surface area contributed by atoms with Crippen LogP contribution in [0, 0.1) is 40.4 Å². The fourth-order valence-corrected chi connectivity index (χ4v) is 7.72. The summed E-state index contributed by atoms with van der Waals surface area (Å²) in [5.41, 5.74) is 0.239. The second-order valence-electron chi connectivity index (χ2n) is 9.93. The Morgan fingerprint density at radius 3 is 2.42 bits per heavy atom. The zero-order chi connectivity index (χ0) is 18.7. The number of carbonyl (C=O) groups excluding carboxylic acids is 3. The lowest BCUT2D eigenvalue weighted by molar-refractivity contribution is -0.158. The molecular formula is C22H32O4. The van der Waals surface area contributed by atoms with Crippen molar-refractivity contribution >= 4 is 17.5 Å². The molecule has 0 heterocycles. The molecule has 7 unspecified atom stereocenters. The van der Waals surface area contributed by atoms with Gasteiger partial charge in [-0.05, 0) is 79.4 Å².